The van der Waals surface area contributed by atoms with Gasteiger partial charge in [-0.1, -0.05) is 6.07 Å². The van der Waals surface area contributed by atoms with Gasteiger partial charge in [-0.3, -0.25) is 9.36 Å². The summed E-state index contributed by atoms with van der Waals surface area (Å²) in [4.78, 5) is 25.3. The van der Waals surface area contributed by atoms with Crippen molar-refractivity contribution in [2.75, 3.05) is 0 Å². The first-order chi connectivity index (χ1) is 14.5. The van der Waals surface area contributed by atoms with Gasteiger partial charge in [-0.2, -0.15) is 0 Å². The van der Waals surface area contributed by atoms with Gasteiger partial charge in [0.15, 0.2) is 5.65 Å². The molecule has 0 aliphatic heterocycles. The number of aromatic nitrogens is 4. The summed E-state index contributed by atoms with van der Waals surface area (Å²) in [6, 6.07) is 9.02. The molecule has 0 spiro atoms. The fraction of sp³-hybridized carbons (Fsp3) is 0.182. The fourth-order valence-corrected chi connectivity index (χ4v) is 3.40. The predicted octanol–water partition coefficient (Wildman–Crippen LogP) is 3.96. The Hall–Kier alpha value is -3.68. The SMILES string of the molecule is Cc1ccc(C(=O)NC2CC2)cc1-n1cnc2c(-c3ccc(F)cc3F)ncnc21. The molecule has 2 aromatic carbocycles. The van der Waals surface area contributed by atoms with Crippen molar-refractivity contribution in [2.45, 2.75) is 25.8 Å². The molecule has 1 aliphatic carbocycles. The Balaban J connectivity index is 1.61. The van der Waals surface area contributed by atoms with Gasteiger partial charge in [0.1, 0.15) is 35.5 Å². The van der Waals surface area contributed by atoms with Crippen LogP contribution in [0.15, 0.2) is 49.1 Å². The fourth-order valence-electron chi connectivity index (χ4n) is 3.40. The van der Waals surface area contributed by atoms with E-state index < -0.39 is 11.6 Å². The molecule has 1 aliphatic rings. The minimum absolute atomic E-state index is 0.119. The lowest BCUT2D eigenvalue weighted by Gasteiger charge is -2.11. The van der Waals surface area contributed by atoms with Gasteiger partial charge in [0.05, 0.1) is 5.69 Å². The Bertz CT molecular complexity index is 1300. The zero-order valence-electron chi connectivity index (χ0n) is 16.1. The molecule has 1 N–H and O–H groups in total. The zero-order valence-corrected chi connectivity index (χ0v) is 16.1. The van der Waals surface area contributed by atoms with Crippen LogP contribution in [-0.2, 0) is 0 Å². The van der Waals surface area contributed by atoms with E-state index in [2.05, 4.69) is 20.3 Å². The number of rotatable bonds is 4. The molecule has 0 saturated heterocycles. The second kappa shape index (κ2) is 6.98. The summed E-state index contributed by atoms with van der Waals surface area (Å²) in [5.74, 6) is -1.50. The summed E-state index contributed by atoms with van der Waals surface area (Å²) < 4.78 is 29.4. The highest BCUT2D eigenvalue weighted by atomic mass is 19.1. The Morgan fingerprint density at radius 2 is 1.93 bits per heavy atom. The molecule has 1 fully saturated rings. The first kappa shape index (κ1) is 18.4. The standard InChI is InChI=1S/C22H17F2N5O/c1-12-2-3-13(22(30)28-15-5-6-15)8-18(12)29-11-27-20-19(25-10-26-21(20)29)16-7-4-14(23)9-17(16)24/h2-4,7-11,15H,5-6H2,1H3,(H,28,30). The first-order valence-electron chi connectivity index (χ1n) is 9.56. The minimum atomic E-state index is -0.723. The molecule has 8 heteroatoms. The van der Waals surface area contributed by atoms with Crippen molar-refractivity contribution in [2.24, 2.45) is 0 Å². The Kier molecular flexibility index (Phi) is 4.27. The maximum absolute atomic E-state index is 14.3. The Morgan fingerprint density at radius 3 is 2.70 bits per heavy atom. The van der Waals surface area contributed by atoms with Gasteiger partial charge in [-0.25, -0.2) is 23.7 Å². The maximum atomic E-state index is 14.3. The van der Waals surface area contributed by atoms with Crippen LogP contribution in [0.1, 0.15) is 28.8 Å². The van der Waals surface area contributed by atoms with Gasteiger partial charge >= 0.3 is 0 Å². The molecule has 150 valence electrons. The van der Waals surface area contributed by atoms with Crippen molar-refractivity contribution in [1.29, 1.82) is 0 Å². The quantitative estimate of drug-likeness (QED) is 0.558. The number of carbonyl (C=O) groups excluding carboxylic acids is 1. The van der Waals surface area contributed by atoms with E-state index in [9.17, 15) is 13.6 Å². The Labute approximate surface area is 170 Å². The van der Waals surface area contributed by atoms with Crippen LogP contribution >= 0.6 is 0 Å². The van der Waals surface area contributed by atoms with E-state index in [0.29, 0.717) is 16.7 Å². The smallest absolute Gasteiger partial charge is 0.251 e. The van der Waals surface area contributed by atoms with Crippen molar-refractivity contribution in [3.8, 4) is 16.9 Å². The lowest BCUT2D eigenvalue weighted by atomic mass is 10.1. The largest absolute Gasteiger partial charge is 0.349 e. The maximum Gasteiger partial charge on any atom is 0.251 e. The van der Waals surface area contributed by atoms with E-state index in [4.69, 9.17) is 0 Å². The lowest BCUT2D eigenvalue weighted by Crippen LogP contribution is -2.25. The molecule has 0 atom stereocenters. The molecular weight excluding hydrogens is 388 g/mol. The number of carbonyl (C=O) groups is 1. The molecule has 0 radical (unpaired) electrons. The molecule has 4 aromatic rings. The first-order valence-corrected chi connectivity index (χ1v) is 9.56. The molecule has 2 aromatic heterocycles. The molecule has 1 amide bonds. The molecule has 0 bridgehead atoms. The van der Waals surface area contributed by atoms with Crippen LogP contribution in [0.4, 0.5) is 8.78 Å². The van der Waals surface area contributed by atoms with E-state index >= 15 is 0 Å². The number of aryl methyl sites for hydroxylation is 1. The van der Waals surface area contributed by atoms with Gasteiger partial charge in [-0.05, 0) is 49.6 Å². The normalized spacial score (nSPS) is 13.6. The third-order valence-electron chi connectivity index (χ3n) is 5.16. The molecular formula is C22H17F2N5O. The number of imidazole rings is 1. The highest BCUT2D eigenvalue weighted by Crippen LogP contribution is 2.29. The van der Waals surface area contributed by atoms with Crippen LogP contribution in [0.2, 0.25) is 0 Å². The second-order valence-electron chi connectivity index (χ2n) is 7.38. The van der Waals surface area contributed by atoms with Gasteiger partial charge in [0, 0.05) is 23.2 Å². The van der Waals surface area contributed by atoms with Gasteiger partial charge in [0.25, 0.3) is 5.91 Å². The average Bonchev–Trinajstić information content (AvgIpc) is 3.43. The van der Waals surface area contributed by atoms with Gasteiger partial charge < -0.3 is 5.32 Å². The van der Waals surface area contributed by atoms with E-state index in [1.807, 2.05) is 13.0 Å². The van der Waals surface area contributed by atoms with Crippen LogP contribution in [0, 0.1) is 18.6 Å². The number of benzene rings is 2. The summed E-state index contributed by atoms with van der Waals surface area (Å²) in [5, 5.41) is 2.98. The van der Waals surface area contributed by atoms with E-state index in [1.165, 1.54) is 18.5 Å². The van der Waals surface area contributed by atoms with Crippen LogP contribution < -0.4 is 5.32 Å². The van der Waals surface area contributed by atoms with Crippen LogP contribution in [0.3, 0.4) is 0 Å². The van der Waals surface area contributed by atoms with Crippen LogP contribution in [0.5, 0.6) is 0 Å². The highest BCUT2D eigenvalue weighted by molar-refractivity contribution is 5.95. The monoisotopic (exact) mass is 405 g/mol. The average molecular weight is 405 g/mol. The summed E-state index contributed by atoms with van der Waals surface area (Å²) in [5.41, 5.74) is 3.47. The summed E-state index contributed by atoms with van der Waals surface area (Å²) >= 11 is 0. The van der Waals surface area contributed by atoms with Crippen molar-refractivity contribution < 1.29 is 13.6 Å². The zero-order chi connectivity index (χ0) is 20.8. The number of amides is 1. The van der Waals surface area contributed by atoms with E-state index in [-0.39, 0.29) is 23.2 Å². The number of hydrogen-bond acceptors (Lipinski definition) is 4. The number of nitrogens with one attached hydrogen (secondary N) is 1. The van der Waals surface area contributed by atoms with E-state index in [0.717, 1.165) is 30.2 Å². The van der Waals surface area contributed by atoms with Crippen molar-refractivity contribution in [1.82, 2.24) is 24.8 Å². The van der Waals surface area contributed by atoms with Crippen molar-refractivity contribution in [3.05, 3.63) is 71.8 Å². The molecule has 1 saturated carbocycles. The molecule has 6 nitrogen and oxygen atoms in total. The van der Waals surface area contributed by atoms with Crippen molar-refractivity contribution in [3.63, 3.8) is 0 Å². The topological polar surface area (TPSA) is 72.7 Å². The second-order valence-corrected chi connectivity index (χ2v) is 7.38. The highest BCUT2D eigenvalue weighted by Gasteiger charge is 2.24. The molecule has 0 unspecified atom stereocenters. The van der Waals surface area contributed by atoms with E-state index in [1.54, 1.807) is 23.0 Å². The number of hydrogen-bond donors (Lipinski definition) is 1. The third-order valence-corrected chi connectivity index (χ3v) is 5.16. The number of fused-ring (bicyclic) bond motifs is 1. The van der Waals surface area contributed by atoms with Gasteiger partial charge in [-0.15, -0.1) is 0 Å². The molecule has 2 heterocycles. The minimum Gasteiger partial charge on any atom is -0.349 e. The van der Waals surface area contributed by atoms with Crippen molar-refractivity contribution >= 4 is 17.1 Å². The summed E-state index contributed by atoms with van der Waals surface area (Å²) in [6.45, 7) is 1.92. The van der Waals surface area contributed by atoms with Gasteiger partial charge in [0.2, 0.25) is 0 Å². The lowest BCUT2D eigenvalue weighted by molar-refractivity contribution is 0.0951. The molecule has 5 rings (SSSR count). The third kappa shape index (κ3) is 3.20. The molecule has 30 heavy (non-hydrogen) atoms. The predicted molar refractivity (Wildman–Crippen MR) is 107 cm³/mol. The number of nitrogens with zero attached hydrogens (tertiary/aromatic N) is 4. The number of halogens is 2. The summed E-state index contributed by atoms with van der Waals surface area (Å²) in [7, 11) is 0. The van der Waals surface area contributed by atoms with Crippen LogP contribution in [0.25, 0.3) is 28.1 Å². The van der Waals surface area contributed by atoms with Crippen LogP contribution in [-0.4, -0.2) is 31.5 Å². The Morgan fingerprint density at radius 1 is 1.10 bits per heavy atom. The summed E-state index contributed by atoms with van der Waals surface area (Å²) in [6.07, 6.45) is 4.90.